The van der Waals surface area contributed by atoms with Crippen LogP contribution in [0.15, 0.2) is 12.4 Å². The largest absolute Gasteiger partial charge is 0.443 e. The summed E-state index contributed by atoms with van der Waals surface area (Å²) in [6, 6.07) is 1.50. The third-order valence-electron chi connectivity index (χ3n) is 1.68. The number of anilines is 2. The average molecular weight is 224 g/mol. The first-order valence-electron chi connectivity index (χ1n) is 4.84. The molecule has 0 atom stereocenters. The lowest BCUT2D eigenvalue weighted by Crippen LogP contribution is -2.34. The Morgan fingerprint density at radius 3 is 2.56 bits per heavy atom. The van der Waals surface area contributed by atoms with Crippen LogP contribution in [-0.2, 0) is 4.74 Å². The fourth-order valence-corrected chi connectivity index (χ4v) is 0.969. The Labute approximate surface area is 94.4 Å². The van der Waals surface area contributed by atoms with Crippen LogP contribution < -0.4 is 10.6 Å². The van der Waals surface area contributed by atoms with Crippen molar-refractivity contribution in [1.82, 2.24) is 9.97 Å². The molecule has 0 spiro atoms. The van der Waals surface area contributed by atoms with Crippen LogP contribution in [0.4, 0.5) is 16.4 Å². The number of nitrogen functional groups attached to an aromatic ring is 1. The van der Waals surface area contributed by atoms with Crippen LogP contribution in [0.5, 0.6) is 0 Å². The molecule has 0 aliphatic carbocycles. The monoisotopic (exact) mass is 224 g/mol. The number of hydrogen-bond donors (Lipinski definition) is 1. The topological polar surface area (TPSA) is 81.3 Å². The minimum absolute atomic E-state index is 0.306. The van der Waals surface area contributed by atoms with Gasteiger partial charge in [-0.25, -0.2) is 14.8 Å². The summed E-state index contributed by atoms with van der Waals surface area (Å²) >= 11 is 0. The Hall–Kier alpha value is -1.85. The smallest absolute Gasteiger partial charge is 0.415 e. The zero-order valence-electron chi connectivity index (χ0n) is 9.89. The van der Waals surface area contributed by atoms with Crippen LogP contribution in [0.3, 0.4) is 0 Å². The van der Waals surface area contributed by atoms with E-state index >= 15 is 0 Å². The molecule has 88 valence electrons. The number of amides is 1. The highest BCUT2D eigenvalue weighted by Gasteiger charge is 2.21. The molecule has 2 N–H and O–H groups in total. The quantitative estimate of drug-likeness (QED) is 0.780. The van der Waals surface area contributed by atoms with E-state index < -0.39 is 11.7 Å². The first-order chi connectivity index (χ1) is 7.29. The molecule has 0 aliphatic heterocycles. The number of nitrogens with zero attached hydrogens (tertiary/aromatic N) is 3. The fraction of sp³-hybridized carbons (Fsp3) is 0.500. The van der Waals surface area contributed by atoms with E-state index in [1.54, 1.807) is 27.8 Å². The highest BCUT2D eigenvalue weighted by atomic mass is 16.6. The number of rotatable bonds is 1. The molecule has 0 aromatic carbocycles. The van der Waals surface area contributed by atoms with Crippen molar-refractivity contribution in [1.29, 1.82) is 0 Å². The molecule has 0 fully saturated rings. The Bertz CT molecular complexity index is 387. The van der Waals surface area contributed by atoms with Gasteiger partial charge in [-0.15, -0.1) is 0 Å². The van der Waals surface area contributed by atoms with Crippen LogP contribution in [0.25, 0.3) is 0 Å². The van der Waals surface area contributed by atoms with Crippen molar-refractivity contribution in [3.63, 3.8) is 0 Å². The molecule has 0 bridgehead atoms. The van der Waals surface area contributed by atoms with Crippen molar-refractivity contribution in [2.45, 2.75) is 26.4 Å². The Balaban J connectivity index is 2.78. The lowest BCUT2D eigenvalue weighted by Gasteiger charge is -2.23. The summed E-state index contributed by atoms with van der Waals surface area (Å²) in [6.45, 7) is 5.40. The molecule has 1 rings (SSSR count). The summed E-state index contributed by atoms with van der Waals surface area (Å²) in [5.74, 6) is 0.710. The predicted octanol–water partition coefficient (Wildman–Crippen LogP) is 1.43. The number of carbonyl (C=O) groups excluding carboxylic acids is 1. The minimum Gasteiger partial charge on any atom is -0.443 e. The maximum absolute atomic E-state index is 11.7. The molecule has 0 saturated heterocycles. The molecule has 1 aromatic rings. The summed E-state index contributed by atoms with van der Waals surface area (Å²) in [5, 5.41) is 0. The van der Waals surface area contributed by atoms with Crippen molar-refractivity contribution in [2.75, 3.05) is 17.7 Å². The normalized spacial score (nSPS) is 11.0. The molecular formula is C10H16N4O2. The third-order valence-corrected chi connectivity index (χ3v) is 1.68. The van der Waals surface area contributed by atoms with Gasteiger partial charge >= 0.3 is 6.09 Å². The summed E-state index contributed by atoms with van der Waals surface area (Å²) in [5.41, 5.74) is 4.96. The Kier molecular flexibility index (Phi) is 3.31. The molecule has 0 saturated carbocycles. The summed E-state index contributed by atoms with van der Waals surface area (Å²) in [4.78, 5) is 20.6. The van der Waals surface area contributed by atoms with Gasteiger partial charge in [0.1, 0.15) is 23.6 Å². The van der Waals surface area contributed by atoms with E-state index in [-0.39, 0.29) is 0 Å². The van der Waals surface area contributed by atoms with Gasteiger partial charge in [0, 0.05) is 13.1 Å². The van der Waals surface area contributed by atoms with Crippen molar-refractivity contribution >= 4 is 17.7 Å². The number of aromatic nitrogens is 2. The molecule has 16 heavy (non-hydrogen) atoms. The zero-order valence-corrected chi connectivity index (χ0v) is 9.89. The SMILES string of the molecule is CN(C(=O)OC(C)(C)C)c1cc(N)ncn1. The number of carbonyl (C=O) groups is 1. The third kappa shape index (κ3) is 3.38. The van der Waals surface area contributed by atoms with Crippen LogP contribution in [0.2, 0.25) is 0 Å². The van der Waals surface area contributed by atoms with Crippen molar-refractivity contribution in [2.24, 2.45) is 0 Å². The van der Waals surface area contributed by atoms with Gasteiger partial charge in [-0.3, -0.25) is 4.90 Å². The van der Waals surface area contributed by atoms with E-state index in [1.807, 2.05) is 0 Å². The number of nitrogens with two attached hydrogens (primary N) is 1. The van der Waals surface area contributed by atoms with Gasteiger partial charge in [0.2, 0.25) is 0 Å². The summed E-state index contributed by atoms with van der Waals surface area (Å²) < 4.78 is 5.18. The van der Waals surface area contributed by atoms with Crippen molar-refractivity contribution in [3.05, 3.63) is 12.4 Å². The van der Waals surface area contributed by atoms with Gasteiger partial charge in [0.05, 0.1) is 0 Å². The molecular weight excluding hydrogens is 208 g/mol. The van der Waals surface area contributed by atoms with E-state index in [4.69, 9.17) is 10.5 Å². The van der Waals surface area contributed by atoms with Gasteiger partial charge in [0.25, 0.3) is 0 Å². The lowest BCUT2D eigenvalue weighted by molar-refractivity contribution is 0.0588. The van der Waals surface area contributed by atoms with Crippen LogP contribution in [0, 0.1) is 0 Å². The first-order valence-corrected chi connectivity index (χ1v) is 4.84. The molecule has 0 unspecified atom stereocenters. The van der Waals surface area contributed by atoms with Crippen LogP contribution in [0.1, 0.15) is 20.8 Å². The van der Waals surface area contributed by atoms with E-state index in [1.165, 1.54) is 17.3 Å². The van der Waals surface area contributed by atoms with Gasteiger partial charge in [-0.05, 0) is 20.8 Å². The molecule has 6 heteroatoms. The second kappa shape index (κ2) is 4.34. The van der Waals surface area contributed by atoms with E-state index in [9.17, 15) is 4.79 Å². The number of ether oxygens (including phenoxy) is 1. The Morgan fingerprint density at radius 1 is 1.44 bits per heavy atom. The molecule has 1 aromatic heterocycles. The van der Waals surface area contributed by atoms with Crippen molar-refractivity contribution in [3.8, 4) is 0 Å². The molecule has 1 amide bonds. The first kappa shape index (κ1) is 12.2. The van der Waals surface area contributed by atoms with Gasteiger partial charge in [-0.1, -0.05) is 0 Å². The molecule has 0 aliphatic rings. The number of hydrogen-bond acceptors (Lipinski definition) is 5. The van der Waals surface area contributed by atoms with E-state index in [0.29, 0.717) is 11.6 Å². The lowest BCUT2D eigenvalue weighted by atomic mass is 10.2. The summed E-state index contributed by atoms with van der Waals surface area (Å²) in [6.07, 6.45) is 0.816. The highest BCUT2D eigenvalue weighted by Crippen LogP contribution is 2.15. The van der Waals surface area contributed by atoms with E-state index in [2.05, 4.69) is 9.97 Å². The van der Waals surface area contributed by atoms with E-state index in [0.717, 1.165) is 0 Å². The zero-order chi connectivity index (χ0) is 12.3. The average Bonchev–Trinajstić information content (AvgIpc) is 2.14. The maximum Gasteiger partial charge on any atom is 0.415 e. The van der Waals surface area contributed by atoms with Crippen LogP contribution in [-0.4, -0.2) is 28.7 Å². The van der Waals surface area contributed by atoms with Gasteiger partial charge in [0.15, 0.2) is 0 Å². The molecule has 0 radical (unpaired) electrons. The Morgan fingerprint density at radius 2 is 2.06 bits per heavy atom. The summed E-state index contributed by atoms with van der Waals surface area (Å²) in [7, 11) is 1.57. The molecule has 1 heterocycles. The predicted molar refractivity (Wildman–Crippen MR) is 61.1 cm³/mol. The second-order valence-electron chi connectivity index (χ2n) is 4.34. The van der Waals surface area contributed by atoms with Gasteiger partial charge in [-0.2, -0.15) is 0 Å². The highest BCUT2D eigenvalue weighted by molar-refractivity contribution is 5.86. The van der Waals surface area contributed by atoms with Gasteiger partial charge < -0.3 is 10.5 Å². The molecule has 6 nitrogen and oxygen atoms in total. The minimum atomic E-state index is -0.538. The fourth-order valence-electron chi connectivity index (χ4n) is 0.969. The standard InChI is InChI=1S/C10H16N4O2/c1-10(2,3)16-9(15)14(4)8-5-7(11)12-6-13-8/h5-6H,1-4H3,(H2,11,12,13). The maximum atomic E-state index is 11.7. The second-order valence-corrected chi connectivity index (χ2v) is 4.34. The van der Waals surface area contributed by atoms with Crippen molar-refractivity contribution < 1.29 is 9.53 Å². The van der Waals surface area contributed by atoms with Crippen LogP contribution >= 0.6 is 0 Å².